The Morgan fingerprint density at radius 2 is 1.76 bits per heavy atom. The van der Waals surface area contributed by atoms with Crippen molar-refractivity contribution < 1.29 is 0 Å². The summed E-state index contributed by atoms with van der Waals surface area (Å²) < 4.78 is 1.98. The minimum Gasteiger partial charge on any atom is -0.356 e. The molecule has 2 aromatic rings. The van der Waals surface area contributed by atoms with Crippen molar-refractivity contribution in [3.63, 3.8) is 0 Å². The maximum atomic E-state index is 5.98. The number of aromatic nitrogens is 3. The molecule has 1 aliphatic heterocycles. The number of piperidine rings is 1. The van der Waals surface area contributed by atoms with E-state index in [0.29, 0.717) is 6.04 Å². The van der Waals surface area contributed by atoms with Gasteiger partial charge in [-0.15, -0.1) is 24.8 Å². The highest BCUT2D eigenvalue weighted by atomic mass is 35.5. The van der Waals surface area contributed by atoms with Gasteiger partial charge in [0.1, 0.15) is 5.82 Å². The molecule has 7 heteroatoms. The van der Waals surface area contributed by atoms with Gasteiger partial charge in [-0.05, 0) is 33.6 Å². The SMILES string of the molecule is Cc1cc(N2CCC(N)CC2)n2nc(C)c(C)c2n1.Cl.Cl. The lowest BCUT2D eigenvalue weighted by molar-refractivity contribution is 0.496. The normalized spacial score (nSPS) is 15.7. The van der Waals surface area contributed by atoms with Crippen molar-refractivity contribution >= 4 is 36.3 Å². The minimum absolute atomic E-state index is 0. The number of hydrogen-bond acceptors (Lipinski definition) is 4. The summed E-state index contributed by atoms with van der Waals surface area (Å²) in [5.41, 5.74) is 10.2. The van der Waals surface area contributed by atoms with E-state index in [-0.39, 0.29) is 24.8 Å². The van der Waals surface area contributed by atoms with Crippen LogP contribution in [0.4, 0.5) is 5.82 Å². The number of nitrogens with two attached hydrogens (primary N) is 1. The van der Waals surface area contributed by atoms with Gasteiger partial charge in [-0.1, -0.05) is 0 Å². The van der Waals surface area contributed by atoms with Gasteiger partial charge in [-0.3, -0.25) is 0 Å². The lowest BCUT2D eigenvalue weighted by Crippen LogP contribution is -2.40. The number of aryl methyl sites for hydroxylation is 3. The fraction of sp³-hybridized carbons (Fsp3) is 0.571. The van der Waals surface area contributed by atoms with Gasteiger partial charge in [0.05, 0.1) is 5.69 Å². The van der Waals surface area contributed by atoms with Crippen LogP contribution in [-0.4, -0.2) is 33.7 Å². The van der Waals surface area contributed by atoms with Crippen molar-refractivity contribution in [1.82, 2.24) is 14.6 Å². The van der Waals surface area contributed by atoms with E-state index in [1.54, 1.807) is 0 Å². The molecule has 118 valence electrons. The highest BCUT2D eigenvalue weighted by Gasteiger charge is 2.20. The zero-order chi connectivity index (χ0) is 13.6. The molecule has 21 heavy (non-hydrogen) atoms. The smallest absolute Gasteiger partial charge is 0.160 e. The fourth-order valence-corrected chi connectivity index (χ4v) is 2.69. The predicted octanol–water partition coefficient (Wildman–Crippen LogP) is 2.43. The zero-order valence-corrected chi connectivity index (χ0v) is 14.3. The second kappa shape index (κ2) is 6.81. The van der Waals surface area contributed by atoms with Crippen LogP contribution < -0.4 is 10.6 Å². The van der Waals surface area contributed by atoms with E-state index in [4.69, 9.17) is 5.73 Å². The second-order valence-corrected chi connectivity index (χ2v) is 5.53. The molecule has 0 amide bonds. The Kier molecular flexibility index (Phi) is 5.84. The van der Waals surface area contributed by atoms with E-state index < -0.39 is 0 Å². The van der Waals surface area contributed by atoms with Gasteiger partial charge in [0, 0.05) is 36.5 Å². The van der Waals surface area contributed by atoms with Gasteiger partial charge in [-0.25, -0.2) is 4.98 Å². The van der Waals surface area contributed by atoms with Crippen LogP contribution in [0.1, 0.15) is 29.8 Å². The van der Waals surface area contributed by atoms with Crippen molar-refractivity contribution in [3.8, 4) is 0 Å². The average molecular weight is 332 g/mol. The summed E-state index contributed by atoms with van der Waals surface area (Å²) in [7, 11) is 0. The molecule has 0 aliphatic carbocycles. The molecule has 0 spiro atoms. The first-order valence-electron chi connectivity index (χ1n) is 6.90. The second-order valence-electron chi connectivity index (χ2n) is 5.53. The molecule has 1 saturated heterocycles. The van der Waals surface area contributed by atoms with Gasteiger partial charge in [-0.2, -0.15) is 9.61 Å². The van der Waals surface area contributed by atoms with E-state index in [2.05, 4.69) is 28.0 Å². The van der Waals surface area contributed by atoms with E-state index in [0.717, 1.165) is 48.8 Å². The summed E-state index contributed by atoms with van der Waals surface area (Å²) in [6.45, 7) is 8.16. The summed E-state index contributed by atoms with van der Waals surface area (Å²) in [6.07, 6.45) is 2.09. The molecule has 2 aromatic heterocycles. The molecule has 1 aliphatic rings. The van der Waals surface area contributed by atoms with Gasteiger partial charge in [0.15, 0.2) is 5.65 Å². The molecule has 0 bridgehead atoms. The van der Waals surface area contributed by atoms with Gasteiger partial charge in [0.25, 0.3) is 0 Å². The molecule has 3 heterocycles. The van der Waals surface area contributed by atoms with Crippen LogP contribution in [0.3, 0.4) is 0 Å². The standard InChI is InChI=1S/C14H21N5.2ClH/c1-9-8-13(18-6-4-12(15)5-7-18)19-14(16-9)10(2)11(3)17-19;;/h8,12H,4-7,15H2,1-3H3;2*1H. The molecule has 3 rings (SSSR count). The lowest BCUT2D eigenvalue weighted by atomic mass is 10.1. The zero-order valence-electron chi connectivity index (χ0n) is 12.7. The van der Waals surface area contributed by atoms with Crippen LogP contribution >= 0.6 is 24.8 Å². The average Bonchev–Trinajstić information content (AvgIpc) is 2.66. The highest BCUT2D eigenvalue weighted by Crippen LogP contribution is 2.23. The molecular formula is C14H23Cl2N5. The molecular weight excluding hydrogens is 309 g/mol. The Morgan fingerprint density at radius 3 is 2.38 bits per heavy atom. The van der Waals surface area contributed by atoms with E-state index >= 15 is 0 Å². The quantitative estimate of drug-likeness (QED) is 0.871. The van der Waals surface area contributed by atoms with Crippen molar-refractivity contribution in [2.24, 2.45) is 5.73 Å². The first-order valence-corrected chi connectivity index (χ1v) is 6.90. The van der Waals surface area contributed by atoms with Gasteiger partial charge >= 0.3 is 0 Å². The van der Waals surface area contributed by atoms with Crippen molar-refractivity contribution in [3.05, 3.63) is 23.0 Å². The Hall–Kier alpha value is -1.04. The Balaban J connectivity index is 0.00000110. The number of anilines is 1. The number of nitrogens with zero attached hydrogens (tertiary/aromatic N) is 4. The van der Waals surface area contributed by atoms with Crippen LogP contribution in [-0.2, 0) is 0 Å². The highest BCUT2D eigenvalue weighted by molar-refractivity contribution is 5.85. The van der Waals surface area contributed by atoms with E-state index in [1.807, 2.05) is 18.4 Å². The van der Waals surface area contributed by atoms with Crippen molar-refractivity contribution in [2.75, 3.05) is 18.0 Å². The summed E-state index contributed by atoms with van der Waals surface area (Å²) >= 11 is 0. The van der Waals surface area contributed by atoms with E-state index in [9.17, 15) is 0 Å². The first-order chi connectivity index (χ1) is 9.06. The molecule has 1 fully saturated rings. The third-order valence-corrected chi connectivity index (χ3v) is 4.03. The fourth-order valence-electron chi connectivity index (χ4n) is 2.69. The maximum absolute atomic E-state index is 5.98. The Labute approximate surface area is 137 Å². The minimum atomic E-state index is 0. The number of fused-ring (bicyclic) bond motifs is 1. The summed E-state index contributed by atoms with van der Waals surface area (Å²) in [6, 6.07) is 2.46. The number of halogens is 2. The van der Waals surface area contributed by atoms with Gasteiger partial charge < -0.3 is 10.6 Å². The Morgan fingerprint density at radius 1 is 1.14 bits per heavy atom. The van der Waals surface area contributed by atoms with Gasteiger partial charge in [0.2, 0.25) is 0 Å². The molecule has 0 atom stereocenters. The number of hydrogen-bond donors (Lipinski definition) is 1. The third-order valence-electron chi connectivity index (χ3n) is 4.03. The van der Waals surface area contributed by atoms with Crippen LogP contribution in [0.15, 0.2) is 6.07 Å². The number of rotatable bonds is 1. The Bertz CT molecular complexity index is 617. The van der Waals surface area contributed by atoms with Crippen LogP contribution in [0.5, 0.6) is 0 Å². The first kappa shape index (κ1) is 18.0. The third kappa shape index (κ3) is 3.25. The molecule has 0 unspecified atom stereocenters. The summed E-state index contributed by atoms with van der Waals surface area (Å²) in [5.74, 6) is 1.14. The van der Waals surface area contributed by atoms with Crippen molar-refractivity contribution in [1.29, 1.82) is 0 Å². The summed E-state index contributed by atoms with van der Waals surface area (Å²) in [5, 5.41) is 4.63. The monoisotopic (exact) mass is 331 g/mol. The molecule has 5 nitrogen and oxygen atoms in total. The largest absolute Gasteiger partial charge is 0.356 e. The maximum Gasteiger partial charge on any atom is 0.160 e. The summed E-state index contributed by atoms with van der Waals surface area (Å²) in [4.78, 5) is 6.99. The van der Waals surface area contributed by atoms with Crippen LogP contribution in [0.25, 0.3) is 5.65 Å². The van der Waals surface area contributed by atoms with Crippen molar-refractivity contribution in [2.45, 2.75) is 39.7 Å². The topological polar surface area (TPSA) is 59.5 Å². The molecule has 0 aromatic carbocycles. The van der Waals surface area contributed by atoms with Crippen LogP contribution in [0.2, 0.25) is 0 Å². The lowest BCUT2D eigenvalue weighted by Gasteiger charge is -2.32. The molecule has 0 radical (unpaired) electrons. The predicted molar refractivity (Wildman–Crippen MR) is 91.1 cm³/mol. The molecule has 0 saturated carbocycles. The van der Waals surface area contributed by atoms with E-state index in [1.165, 1.54) is 5.56 Å². The molecule has 2 N–H and O–H groups in total. The van der Waals surface area contributed by atoms with Crippen LogP contribution in [0, 0.1) is 20.8 Å².